The molecule has 0 radical (unpaired) electrons. The standard InChI is InChI=1S/C13H16F2N2O2/c1-17(6-7-2-8(18)3-7)13(19)9-4-10(14)11(15)5-12(9)16/h4-5,7-8,18H,2-3,6,16H2,1H3. The van der Waals surface area contributed by atoms with Crippen LogP contribution in [-0.2, 0) is 0 Å². The van der Waals surface area contributed by atoms with Crippen LogP contribution in [0.5, 0.6) is 0 Å². The fraction of sp³-hybridized carbons (Fsp3) is 0.462. The van der Waals surface area contributed by atoms with Gasteiger partial charge in [0.15, 0.2) is 11.6 Å². The zero-order valence-corrected chi connectivity index (χ0v) is 10.6. The Hall–Kier alpha value is -1.69. The molecule has 0 spiro atoms. The van der Waals surface area contributed by atoms with Crippen molar-refractivity contribution in [3.8, 4) is 0 Å². The second kappa shape index (κ2) is 5.13. The fourth-order valence-electron chi connectivity index (χ4n) is 2.27. The summed E-state index contributed by atoms with van der Waals surface area (Å²) in [6.45, 7) is 0.467. The highest BCUT2D eigenvalue weighted by Gasteiger charge is 2.29. The van der Waals surface area contributed by atoms with E-state index in [1.54, 1.807) is 7.05 Å². The van der Waals surface area contributed by atoms with E-state index < -0.39 is 17.5 Å². The molecular weight excluding hydrogens is 254 g/mol. The van der Waals surface area contributed by atoms with Crippen molar-refractivity contribution in [2.45, 2.75) is 18.9 Å². The van der Waals surface area contributed by atoms with Gasteiger partial charge in [-0.15, -0.1) is 0 Å². The molecule has 0 aliphatic heterocycles. The molecule has 1 fully saturated rings. The van der Waals surface area contributed by atoms with Crippen LogP contribution < -0.4 is 5.73 Å². The molecule has 1 aromatic carbocycles. The van der Waals surface area contributed by atoms with E-state index in [0.29, 0.717) is 19.4 Å². The Balaban J connectivity index is 2.08. The Labute approximate surface area is 109 Å². The molecular formula is C13H16F2N2O2. The lowest BCUT2D eigenvalue weighted by molar-refractivity contribution is 0.0265. The summed E-state index contributed by atoms with van der Waals surface area (Å²) in [6, 6.07) is 1.63. The van der Waals surface area contributed by atoms with E-state index in [0.717, 1.165) is 12.1 Å². The first-order valence-corrected chi connectivity index (χ1v) is 6.06. The normalized spacial score (nSPS) is 21.9. The Morgan fingerprint density at radius 2 is 2.00 bits per heavy atom. The van der Waals surface area contributed by atoms with Crippen molar-refractivity contribution in [3.63, 3.8) is 0 Å². The topological polar surface area (TPSA) is 66.6 Å². The number of anilines is 1. The minimum atomic E-state index is -1.09. The molecule has 0 unspecified atom stereocenters. The van der Waals surface area contributed by atoms with Crippen LogP contribution in [0.2, 0.25) is 0 Å². The number of benzene rings is 1. The van der Waals surface area contributed by atoms with Crippen LogP contribution in [0.3, 0.4) is 0 Å². The predicted octanol–water partition coefficient (Wildman–Crippen LogP) is 1.39. The van der Waals surface area contributed by atoms with Crippen molar-refractivity contribution in [3.05, 3.63) is 29.3 Å². The molecule has 0 aromatic heterocycles. The quantitative estimate of drug-likeness (QED) is 0.816. The number of hydrogen-bond donors (Lipinski definition) is 2. The van der Waals surface area contributed by atoms with E-state index in [1.807, 2.05) is 0 Å². The van der Waals surface area contributed by atoms with Crippen LogP contribution >= 0.6 is 0 Å². The Kier molecular flexibility index (Phi) is 3.71. The Morgan fingerprint density at radius 3 is 2.58 bits per heavy atom. The average molecular weight is 270 g/mol. The molecule has 19 heavy (non-hydrogen) atoms. The van der Waals surface area contributed by atoms with Crippen molar-refractivity contribution < 1.29 is 18.7 Å². The number of carbonyl (C=O) groups is 1. The number of carbonyl (C=O) groups excluding carboxylic acids is 1. The minimum absolute atomic E-state index is 0.0405. The molecule has 3 N–H and O–H groups in total. The second-order valence-electron chi connectivity index (χ2n) is 5.03. The summed E-state index contributed by atoms with van der Waals surface area (Å²) in [4.78, 5) is 13.5. The van der Waals surface area contributed by atoms with Crippen molar-refractivity contribution in [1.82, 2.24) is 4.90 Å². The summed E-state index contributed by atoms with van der Waals surface area (Å²) < 4.78 is 26.1. The van der Waals surface area contributed by atoms with Gasteiger partial charge in [-0.2, -0.15) is 0 Å². The molecule has 4 nitrogen and oxygen atoms in total. The maximum Gasteiger partial charge on any atom is 0.255 e. The first kappa shape index (κ1) is 13.7. The maximum absolute atomic E-state index is 13.1. The van der Waals surface area contributed by atoms with Gasteiger partial charge < -0.3 is 15.7 Å². The number of halogens is 2. The second-order valence-corrected chi connectivity index (χ2v) is 5.03. The predicted molar refractivity (Wildman–Crippen MR) is 66.5 cm³/mol. The number of hydrogen-bond acceptors (Lipinski definition) is 3. The van der Waals surface area contributed by atoms with Crippen molar-refractivity contribution in [1.29, 1.82) is 0 Å². The summed E-state index contributed by atoms with van der Waals surface area (Å²) in [5.41, 5.74) is 5.41. The van der Waals surface area contributed by atoms with Gasteiger partial charge in [-0.3, -0.25) is 4.79 Å². The summed E-state index contributed by atoms with van der Waals surface area (Å²) in [5.74, 6) is -2.36. The van der Waals surface area contributed by atoms with Gasteiger partial charge in [0, 0.05) is 25.3 Å². The molecule has 104 valence electrons. The lowest BCUT2D eigenvalue weighted by Gasteiger charge is -2.34. The molecule has 1 aliphatic rings. The number of rotatable bonds is 3. The molecule has 0 atom stereocenters. The van der Waals surface area contributed by atoms with E-state index in [4.69, 9.17) is 5.73 Å². The van der Waals surface area contributed by atoms with Crippen molar-refractivity contribution in [2.75, 3.05) is 19.3 Å². The van der Waals surface area contributed by atoms with Gasteiger partial charge in [-0.25, -0.2) is 8.78 Å². The third kappa shape index (κ3) is 2.84. The molecule has 6 heteroatoms. The molecule has 0 heterocycles. The molecule has 1 aliphatic carbocycles. The van der Waals surface area contributed by atoms with Crippen LogP contribution in [-0.4, -0.2) is 35.6 Å². The smallest absolute Gasteiger partial charge is 0.255 e. The van der Waals surface area contributed by atoms with E-state index in [1.165, 1.54) is 4.90 Å². The largest absolute Gasteiger partial charge is 0.398 e. The highest BCUT2D eigenvalue weighted by atomic mass is 19.2. The number of amides is 1. The third-order valence-electron chi connectivity index (χ3n) is 3.41. The zero-order valence-electron chi connectivity index (χ0n) is 10.6. The number of nitrogens with zero attached hydrogens (tertiary/aromatic N) is 1. The summed E-state index contributed by atoms with van der Waals surface area (Å²) in [5, 5.41) is 9.18. The highest BCUT2D eigenvalue weighted by molar-refractivity contribution is 5.99. The van der Waals surface area contributed by atoms with Crippen LogP contribution in [0.15, 0.2) is 12.1 Å². The fourth-order valence-corrected chi connectivity index (χ4v) is 2.27. The molecule has 1 saturated carbocycles. The Bertz CT molecular complexity index is 502. The first-order chi connectivity index (χ1) is 8.88. The lowest BCUT2D eigenvalue weighted by atomic mass is 9.82. The van der Waals surface area contributed by atoms with Crippen LogP contribution in [0.4, 0.5) is 14.5 Å². The van der Waals surface area contributed by atoms with Gasteiger partial charge in [-0.1, -0.05) is 0 Å². The molecule has 2 rings (SSSR count). The molecule has 1 aromatic rings. The van der Waals surface area contributed by atoms with Crippen molar-refractivity contribution in [2.24, 2.45) is 5.92 Å². The van der Waals surface area contributed by atoms with Crippen molar-refractivity contribution >= 4 is 11.6 Å². The lowest BCUT2D eigenvalue weighted by Crippen LogP contribution is -2.39. The Morgan fingerprint density at radius 1 is 1.42 bits per heavy atom. The van der Waals surface area contributed by atoms with Gasteiger partial charge in [0.25, 0.3) is 5.91 Å². The molecule has 0 saturated heterocycles. The SMILES string of the molecule is CN(CC1CC(O)C1)C(=O)c1cc(F)c(F)cc1N. The number of aliphatic hydroxyl groups is 1. The van der Waals surface area contributed by atoms with Crippen LogP contribution in [0.25, 0.3) is 0 Å². The van der Waals surface area contributed by atoms with Gasteiger partial charge in [0.1, 0.15) is 0 Å². The molecule has 1 amide bonds. The molecule has 0 bridgehead atoms. The highest BCUT2D eigenvalue weighted by Crippen LogP contribution is 2.28. The average Bonchev–Trinajstić information content (AvgIpc) is 2.31. The summed E-state index contributed by atoms with van der Waals surface area (Å²) in [6.07, 6.45) is 1.03. The van der Waals surface area contributed by atoms with E-state index >= 15 is 0 Å². The first-order valence-electron chi connectivity index (χ1n) is 6.06. The van der Waals surface area contributed by atoms with Gasteiger partial charge >= 0.3 is 0 Å². The maximum atomic E-state index is 13.1. The van der Waals surface area contributed by atoms with Gasteiger partial charge in [0.2, 0.25) is 0 Å². The van der Waals surface area contributed by atoms with Gasteiger partial charge in [-0.05, 0) is 24.8 Å². The summed E-state index contributed by atoms with van der Waals surface area (Å²) >= 11 is 0. The monoisotopic (exact) mass is 270 g/mol. The minimum Gasteiger partial charge on any atom is -0.398 e. The zero-order chi connectivity index (χ0) is 14.2. The summed E-state index contributed by atoms with van der Waals surface area (Å²) in [7, 11) is 1.58. The van der Waals surface area contributed by atoms with E-state index in [2.05, 4.69) is 0 Å². The van der Waals surface area contributed by atoms with E-state index in [9.17, 15) is 18.7 Å². The van der Waals surface area contributed by atoms with Crippen LogP contribution in [0, 0.1) is 17.6 Å². The number of aliphatic hydroxyl groups excluding tert-OH is 1. The number of nitrogens with two attached hydrogens (primary N) is 1. The number of nitrogen functional groups attached to an aromatic ring is 1. The third-order valence-corrected chi connectivity index (χ3v) is 3.41. The van der Waals surface area contributed by atoms with Gasteiger partial charge in [0.05, 0.1) is 11.7 Å². The van der Waals surface area contributed by atoms with Crippen LogP contribution in [0.1, 0.15) is 23.2 Å². The van der Waals surface area contributed by atoms with E-state index in [-0.39, 0.29) is 23.3 Å².